The van der Waals surface area contributed by atoms with Gasteiger partial charge in [0.1, 0.15) is 0 Å². The van der Waals surface area contributed by atoms with Crippen molar-refractivity contribution in [2.75, 3.05) is 0 Å². The molecule has 0 saturated heterocycles. The molecule has 0 aliphatic rings. The fourth-order valence-electron chi connectivity index (χ4n) is 1.00. The van der Waals surface area contributed by atoms with E-state index in [1.165, 1.54) is 25.1 Å². The van der Waals surface area contributed by atoms with E-state index >= 15 is 0 Å². The van der Waals surface area contributed by atoms with Crippen molar-refractivity contribution >= 4 is 18.4 Å². The van der Waals surface area contributed by atoms with Crippen LogP contribution < -0.4 is 0 Å². The van der Waals surface area contributed by atoms with Gasteiger partial charge in [-0.15, -0.1) is 0 Å². The van der Waals surface area contributed by atoms with Gasteiger partial charge in [-0.3, -0.25) is 14.4 Å². The van der Waals surface area contributed by atoms with Gasteiger partial charge in [0.25, 0.3) is 0 Å². The monoisotopic (exact) mass is 176 g/mol. The molecule has 0 aliphatic heterocycles. The molecular weight excluding hydrogens is 168 g/mol. The summed E-state index contributed by atoms with van der Waals surface area (Å²) in [5, 5.41) is 0. The lowest BCUT2D eigenvalue weighted by atomic mass is 10.0. The quantitative estimate of drug-likeness (QED) is 0.518. The largest absolute Gasteiger partial charge is 0.298 e. The highest BCUT2D eigenvalue weighted by Crippen LogP contribution is 2.08. The van der Waals surface area contributed by atoms with E-state index in [-0.39, 0.29) is 11.3 Å². The molecule has 0 heterocycles. The van der Waals surface area contributed by atoms with Crippen molar-refractivity contribution in [1.82, 2.24) is 0 Å². The van der Waals surface area contributed by atoms with Crippen LogP contribution in [0.2, 0.25) is 0 Å². The third-order valence-electron chi connectivity index (χ3n) is 1.75. The van der Waals surface area contributed by atoms with Gasteiger partial charge in [-0.25, -0.2) is 0 Å². The van der Waals surface area contributed by atoms with Gasteiger partial charge in [-0.2, -0.15) is 0 Å². The molecule has 0 aromatic heterocycles. The summed E-state index contributed by atoms with van der Waals surface area (Å²) in [6, 6.07) is 4.41. The molecule has 66 valence electrons. The molecule has 1 rings (SSSR count). The van der Waals surface area contributed by atoms with Crippen LogP contribution in [0.5, 0.6) is 0 Å². The third kappa shape index (κ3) is 1.87. The maximum Gasteiger partial charge on any atom is 0.159 e. The number of aldehydes is 2. The SMILES string of the molecule is CC(=O)c1ccc(C=O)c(C=O)c1. The highest BCUT2D eigenvalue weighted by atomic mass is 16.1. The number of Topliss-reactive ketones (excluding diaryl/α,β-unsaturated/α-hetero) is 1. The summed E-state index contributed by atoms with van der Waals surface area (Å²) < 4.78 is 0. The fourth-order valence-corrected chi connectivity index (χ4v) is 1.00. The van der Waals surface area contributed by atoms with Crippen LogP contribution in [0.15, 0.2) is 18.2 Å². The van der Waals surface area contributed by atoms with Crippen molar-refractivity contribution in [3.8, 4) is 0 Å². The third-order valence-corrected chi connectivity index (χ3v) is 1.75. The molecule has 0 radical (unpaired) electrons. The second-order valence-electron chi connectivity index (χ2n) is 2.64. The molecule has 3 heteroatoms. The Labute approximate surface area is 75.4 Å². The zero-order valence-electron chi connectivity index (χ0n) is 7.11. The van der Waals surface area contributed by atoms with Gasteiger partial charge in [0.05, 0.1) is 0 Å². The highest BCUT2D eigenvalue weighted by molar-refractivity contribution is 5.98. The molecule has 0 N–H and O–H groups in total. The first-order chi connectivity index (χ1) is 6.19. The van der Waals surface area contributed by atoms with Crippen LogP contribution in [-0.2, 0) is 0 Å². The molecule has 3 nitrogen and oxygen atoms in total. The molecular formula is C10H8O3. The Morgan fingerprint density at radius 1 is 1.15 bits per heavy atom. The summed E-state index contributed by atoms with van der Waals surface area (Å²) in [4.78, 5) is 31.8. The summed E-state index contributed by atoms with van der Waals surface area (Å²) in [6.07, 6.45) is 1.16. The Balaban J connectivity index is 3.28. The zero-order valence-corrected chi connectivity index (χ0v) is 7.11. The molecule has 1 aromatic rings. The van der Waals surface area contributed by atoms with E-state index in [9.17, 15) is 14.4 Å². The van der Waals surface area contributed by atoms with Crippen molar-refractivity contribution in [2.24, 2.45) is 0 Å². The number of hydrogen-bond acceptors (Lipinski definition) is 3. The minimum Gasteiger partial charge on any atom is -0.298 e. The van der Waals surface area contributed by atoms with Crippen LogP contribution in [0.3, 0.4) is 0 Å². The number of rotatable bonds is 3. The zero-order chi connectivity index (χ0) is 9.84. The van der Waals surface area contributed by atoms with E-state index in [0.717, 1.165) is 0 Å². The number of carbonyl (C=O) groups is 3. The van der Waals surface area contributed by atoms with Crippen LogP contribution in [0.4, 0.5) is 0 Å². The Kier molecular flexibility index (Phi) is 2.69. The van der Waals surface area contributed by atoms with Crippen molar-refractivity contribution in [3.05, 3.63) is 34.9 Å². The van der Waals surface area contributed by atoms with Crippen LogP contribution in [0.25, 0.3) is 0 Å². The predicted molar refractivity (Wildman–Crippen MR) is 47.2 cm³/mol. The second-order valence-corrected chi connectivity index (χ2v) is 2.64. The van der Waals surface area contributed by atoms with Crippen molar-refractivity contribution < 1.29 is 14.4 Å². The molecule has 0 unspecified atom stereocenters. The van der Waals surface area contributed by atoms with Gasteiger partial charge in [-0.1, -0.05) is 12.1 Å². The van der Waals surface area contributed by atoms with Crippen LogP contribution in [0.1, 0.15) is 38.0 Å². The maximum absolute atomic E-state index is 10.9. The number of benzene rings is 1. The van der Waals surface area contributed by atoms with E-state index < -0.39 is 0 Å². The first kappa shape index (κ1) is 9.32. The Morgan fingerprint density at radius 2 is 1.77 bits per heavy atom. The lowest BCUT2D eigenvalue weighted by Gasteiger charge is -1.98. The summed E-state index contributed by atoms with van der Waals surface area (Å²) >= 11 is 0. The van der Waals surface area contributed by atoms with Crippen LogP contribution >= 0.6 is 0 Å². The summed E-state index contributed by atoms with van der Waals surface area (Å²) in [5.74, 6) is -0.124. The number of hydrogen-bond donors (Lipinski definition) is 0. The lowest BCUT2D eigenvalue weighted by molar-refractivity contribution is 0.101. The summed E-state index contributed by atoms with van der Waals surface area (Å²) in [6.45, 7) is 1.41. The van der Waals surface area contributed by atoms with E-state index in [1.807, 2.05) is 0 Å². The fraction of sp³-hybridized carbons (Fsp3) is 0.100. The molecule has 13 heavy (non-hydrogen) atoms. The van der Waals surface area contributed by atoms with Crippen molar-refractivity contribution in [2.45, 2.75) is 6.92 Å². The Bertz CT molecular complexity index is 366. The average Bonchev–Trinajstić information content (AvgIpc) is 2.16. The molecule has 0 spiro atoms. The van der Waals surface area contributed by atoms with Gasteiger partial charge < -0.3 is 0 Å². The van der Waals surface area contributed by atoms with Gasteiger partial charge in [-0.05, 0) is 13.0 Å². The average molecular weight is 176 g/mol. The molecule has 0 atom stereocenters. The molecule has 0 fully saturated rings. The minimum atomic E-state index is -0.124. The standard InChI is InChI=1S/C10H8O3/c1-7(13)8-2-3-9(5-11)10(4-8)6-12/h2-6H,1H3. The summed E-state index contributed by atoms with van der Waals surface area (Å²) in [7, 11) is 0. The van der Waals surface area contributed by atoms with E-state index in [0.29, 0.717) is 23.7 Å². The first-order valence-corrected chi connectivity index (χ1v) is 3.74. The first-order valence-electron chi connectivity index (χ1n) is 3.74. The Hall–Kier alpha value is -1.77. The summed E-state index contributed by atoms with van der Waals surface area (Å²) in [5.41, 5.74) is 0.996. The molecule has 0 bridgehead atoms. The predicted octanol–water partition coefficient (Wildman–Crippen LogP) is 1.51. The number of ketones is 1. The molecule has 0 amide bonds. The number of carbonyl (C=O) groups excluding carboxylic acids is 3. The second kappa shape index (κ2) is 3.76. The van der Waals surface area contributed by atoms with Gasteiger partial charge in [0, 0.05) is 16.7 Å². The normalized spacial score (nSPS) is 9.31. The minimum absolute atomic E-state index is 0.124. The Morgan fingerprint density at radius 3 is 2.23 bits per heavy atom. The van der Waals surface area contributed by atoms with E-state index in [1.54, 1.807) is 0 Å². The molecule has 0 saturated carbocycles. The van der Waals surface area contributed by atoms with E-state index in [4.69, 9.17) is 0 Å². The highest BCUT2D eigenvalue weighted by Gasteiger charge is 2.04. The van der Waals surface area contributed by atoms with Gasteiger partial charge >= 0.3 is 0 Å². The smallest absolute Gasteiger partial charge is 0.159 e. The molecule has 1 aromatic carbocycles. The maximum atomic E-state index is 10.9. The van der Waals surface area contributed by atoms with E-state index in [2.05, 4.69) is 0 Å². The van der Waals surface area contributed by atoms with Gasteiger partial charge in [0.2, 0.25) is 0 Å². The van der Waals surface area contributed by atoms with Crippen LogP contribution in [0, 0.1) is 0 Å². The van der Waals surface area contributed by atoms with Gasteiger partial charge in [0.15, 0.2) is 18.4 Å². The van der Waals surface area contributed by atoms with Crippen molar-refractivity contribution in [1.29, 1.82) is 0 Å². The lowest BCUT2D eigenvalue weighted by Crippen LogP contribution is -1.97. The molecule has 0 aliphatic carbocycles. The van der Waals surface area contributed by atoms with Crippen LogP contribution in [-0.4, -0.2) is 18.4 Å². The van der Waals surface area contributed by atoms with Crippen molar-refractivity contribution in [3.63, 3.8) is 0 Å². The topological polar surface area (TPSA) is 51.2 Å².